The van der Waals surface area contributed by atoms with Crippen molar-refractivity contribution >= 4 is 35.0 Å². The molecule has 4 aromatic rings. The lowest BCUT2D eigenvalue weighted by Crippen LogP contribution is -2.19. The van der Waals surface area contributed by atoms with Crippen molar-refractivity contribution in [3.8, 4) is 11.4 Å². The number of carbonyl (C=O) groups excluding carboxylic acids is 1. The number of amides is 1. The Balaban J connectivity index is 1.74. The molecule has 0 aliphatic heterocycles. The molecule has 4 rings (SSSR count). The lowest BCUT2D eigenvalue weighted by Gasteiger charge is -2.10. The van der Waals surface area contributed by atoms with Crippen molar-refractivity contribution in [1.82, 2.24) is 20.2 Å². The third kappa shape index (κ3) is 3.84. The second kappa shape index (κ2) is 7.89. The van der Waals surface area contributed by atoms with Crippen molar-refractivity contribution in [2.24, 2.45) is 0 Å². The molecule has 2 heterocycles. The molecule has 0 aliphatic carbocycles. The maximum absolute atomic E-state index is 13.0. The summed E-state index contributed by atoms with van der Waals surface area (Å²) in [6.07, 6.45) is 3.10. The van der Waals surface area contributed by atoms with Crippen LogP contribution in [0.5, 0.6) is 0 Å². The number of benzene rings is 2. The zero-order valence-electron chi connectivity index (χ0n) is 14.5. The highest BCUT2D eigenvalue weighted by atomic mass is 35.5. The molecule has 0 aliphatic rings. The van der Waals surface area contributed by atoms with Gasteiger partial charge < -0.3 is 9.73 Å². The number of tetrazole rings is 1. The fourth-order valence-corrected chi connectivity index (χ4v) is 2.70. The van der Waals surface area contributed by atoms with Gasteiger partial charge in [0.05, 0.1) is 6.26 Å². The first-order valence-corrected chi connectivity index (χ1v) is 8.75. The first kappa shape index (κ1) is 17.7. The molecule has 138 valence electrons. The van der Waals surface area contributed by atoms with Crippen LogP contribution in [-0.4, -0.2) is 26.1 Å². The molecule has 0 bridgehead atoms. The number of nitrogens with zero attached hydrogens (tertiary/aromatic N) is 4. The van der Waals surface area contributed by atoms with Gasteiger partial charge >= 0.3 is 0 Å². The Morgan fingerprint density at radius 3 is 2.54 bits per heavy atom. The first-order valence-electron chi connectivity index (χ1n) is 8.37. The van der Waals surface area contributed by atoms with Crippen LogP contribution >= 0.6 is 11.6 Å². The molecule has 1 N–H and O–H groups in total. The predicted octanol–water partition coefficient (Wildman–Crippen LogP) is 4.22. The quantitative estimate of drug-likeness (QED) is 0.515. The summed E-state index contributed by atoms with van der Waals surface area (Å²) in [6, 6.07) is 19.7. The Hall–Kier alpha value is -3.71. The number of nitrogens with one attached hydrogen (secondary N) is 1. The number of carbonyl (C=O) groups is 1. The highest BCUT2D eigenvalue weighted by Crippen LogP contribution is 2.22. The van der Waals surface area contributed by atoms with Gasteiger partial charge in [-0.25, -0.2) is 0 Å². The van der Waals surface area contributed by atoms with Crippen LogP contribution in [0.1, 0.15) is 5.76 Å². The summed E-state index contributed by atoms with van der Waals surface area (Å²) in [5.74, 6) is 0.531. The topological polar surface area (TPSA) is 85.8 Å². The zero-order valence-corrected chi connectivity index (χ0v) is 15.2. The minimum absolute atomic E-state index is 0.203. The summed E-state index contributed by atoms with van der Waals surface area (Å²) >= 11 is 5.91. The molecule has 2 aromatic carbocycles. The van der Waals surface area contributed by atoms with E-state index in [1.54, 1.807) is 42.5 Å². The van der Waals surface area contributed by atoms with E-state index in [1.165, 1.54) is 10.9 Å². The summed E-state index contributed by atoms with van der Waals surface area (Å²) in [5.41, 5.74) is 1.57. The minimum atomic E-state index is -0.400. The molecule has 1 amide bonds. The van der Waals surface area contributed by atoms with Crippen LogP contribution in [0, 0.1) is 0 Å². The summed E-state index contributed by atoms with van der Waals surface area (Å²) < 4.78 is 6.75. The highest BCUT2D eigenvalue weighted by Gasteiger charge is 2.20. The van der Waals surface area contributed by atoms with Crippen LogP contribution in [0.25, 0.3) is 23.2 Å². The van der Waals surface area contributed by atoms with E-state index in [1.807, 2.05) is 30.3 Å². The van der Waals surface area contributed by atoms with E-state index in [0.717, 1.165) is 5.56 Å². The Morgan fingerprint density at radius 1 is 1.04 bits per heavy atom. The number of furan rings is 1. The van der Waals surface area contributed by atoms with Gasteiger partial charge in [-0.2, -0.15) is 4.68 Å². The van der Waals surface area contributed by atoms with Crippen molar-refractivity contribution in [2.75, 3.05) is 5.32 Å². The smallest absolute Gasteiger partial charge is 0.274 e. The fourth-order valence-electron chi connectivity index (χ4n) is 2.58. The molecule has 2 aromatic heterocycles. The lowest BCUT2D eigenvalue weighted by molar-refractivity contribution is -0.111. The molecular weight excluding hydrogens is 378 g/mol. The van der Waals surface area contributed by atoms with Crippen molar-refractivity contribution in [2.45, 2.75) is 0 Å². The van der Waals surface area contributed by atoms with Gasteiger partial charge in [0.15, 0.2) is 5.82 Å². The zero-order chi connectivity index (χ0) is 19.3. The van der Waals surface area contributed by atoms with Gasteiger partial charge in [0.1, 0.15) is 11.5 Å². The minimum Gasteiger partial charge on any atom is -0.465 e. The number of rotatable bonds is 5. The van der Waals surface area contributed by atoms with Gasteiger partial charge in [0.2, 0.25) is 0 Å². The maximum Gasteiger partial charge on any atom is 0.274 e. The summed E-state index contributed by atoms with van der Waals surface area (Å²) in [6.45, 7) is 0. The molecule has 0 unspecified atom stereocenters. The molecule has 7 nitrogen and oxygen atoms in total. The van der Waals surface area contributed by atoms with E-state index in [-0.39, 0.29) is 5.70 Å². The van der Waals surface area contributed by atoms with E-state index in [9.17, 15) is 4.79 Å². The lowest BCUT2D eigenvalue weighted by atomic mass is 10.2. The maximum atomic E-state index is 13.0. The molecule has 0 saturated carbocycles. The normalized spacial score (nSPS) is 11.4. The monoisotopic (exact) mass is 391 g/mol. The highest BCUT2D eigenvalue weighted by molar-refractivity contribution is 6.30. The Morgan fingerprint density at radius 2 is 1.82 bits per heavy atom. The molecule has 0 fully saturated rings. The van der Waals surface area contributed by atoms with Crippen LogP contribution < -0.4 is 5.32 Å². The Bertz CT molecular complexity index is 1100. The second-order valence-corrected chi connectivity index (χ2v) is 6.22. The summed E-state index contributed by atoms with van der Waals surface area (Å²) in [7, 11) is 0. The third-order valence-electron chi connectivity index (χ3n) is 3.89. The van der Waals surface area contributed by atoms with E-state index in [4.69, 9.17) is 16.0 Å². The van der Waals surface area contributed by atoms with Crippen molar-refractivity contribution in [1.29, 1.82) is 0 Å². The van der Waals surface area contributed by atoms with Crippen molar-refractivity contribution in [3.63, 3.8) is 0 Å². The molecule has 0 saturated heterocycles. The van der Waals surface area contributed by atoms with Gasteiger partial charge in [-0.05, 0) is 46.8 Å². The van der Waals surface area contributed by atoms with E-state index in [2.05, 4.69) is 20.8 Å². The van der Waals surface area contributed by atoms with Gasteiger partial charge in [0.25, 0.3) is 5.91 Å². The van der Waals surface area contributed by atoms with Gasteiger partial charge in [0, 0.05) is 22.3 Å². The van der Waals surface area contributed by atoms with Gasteiger partial charge in [-0.1, -0.05) is 41.9 Å². The van der Waals surface area contributed by atoms with E-state index in [0.29, 0.717) is 22.3 Å². The van der Waals surface area contributed by atoms with E-state index < -0.39 is 5.91 Å². The molecule has 28 heavy (non-hydrogen) atoms. The summed E-state index contributed by atoms with van der Waals surface area (Å²) in [5, 5.41) is 15.2. The Kier molecular flexibility index (Phi) is 4.99. The Labute approximate surface area is 165 Å². The van der Waals surface area contributed by atoms with Crippen molar-refractivity contribution in [3.05, 3.63) is 83.8 Å². The largest absolute Gasteiger partial charge is 0.465 e. The molecule has 8 heteroatoms. The SMILES string of the molecule is O=C(Nc1ccc(Cl)cc1)C(=Cc1ccco1)n1nnnc1-c1ccccc1. The predicted molar refractivity (Wildman–Crippen MR) is 106 cm³/mol. The third-order valence-corrected chi connectivity index (χ3v) is 4.14. The molecular formula is C20H14ClN5O2. The molecule has 0 atom stereocenters. The number of aromatic nitrogens is 4. The van der Waals surface area contributed by atoms with Crippen LogP contribution in [0.2, 0.25) is 5.02 Å². The van der Waals surface area contributed by atoms with Crippen LogP contribution in [-0.2, 0) is 4.79 Å². The first-order chi connectivity index (χ1) is 13.7. The average molecular weight is 392 g/mol. The fraction of sp³-hybridized carbons (Fsp3) is 0. The van der Waals surface area contributed by atoms with Gasteiger partial charge in [-0.3, -0.25) is 4.79 Å². The van der Waals surface area contributed by atoms with E-state index >= 15 is 0 Å². The van der Waals surface area contributed by atoms with Crippen LogP contribution in [0.15, 0.2) is 77.4 Å². The molecule has 0 radical (unpaired) electrons. The number of halogens is 1. The summed E-state index contributed by atoms with van der Waals surface area (Å²) in [4.78, 5) is 13.0. The number of hydrogen-bond acceptors (Lipinski definition) is 5. The standard InChI is InChI=1S/C20H14ClN5O2/c21-15-8-10-16(11-9-15)22-20(27)18(13-17-7-4-12-28-17)26-19(23-24-25-26)14-5-2-1-3-6-14/h1-13H,(H,22,27). The second-order valence-electron chi connectivity index (χ2n) is 5.79. The van der Waals surface area contributed by atoms with Crippen LogP contribution in [0.4, 0.5) is 5.69 Å². The van der Waals surface area contributed by atoms with Crippen LogP contribution in [0.3, 0.4) is 0 Å². The molecule has 0 spiro atoms. The van der Waals surface area contributed by atoms with Gasteiger partial charge in [-0.15, -0.1) is 5.10 Å². The average Bonchev–Trinajstić information content (AvgIpc) is 3.40. The number of anilines is 1. The van der Waals surface area contributed by atoms with Crippen molar-refractivity contribution < 1.29 is 9.21 Å². The number of hydrogen-bond donors (Lipinski definition) is 1.